The molecule has 0 fully saturated rings. The van der Waals surface area contributed by atoms with Gasteiger partial charge in [0.05, 0.1) is 0 Å². The highest BCUT2D eigenvalue weighted by Crippen LogP contribution is 2.38. The Kier molecular flexibility index (Phi) is 7.40. The van der Waals surface area contributed by atoms with Crippen LogP contribution in [0, 0.1) is 0 Å². The van der Waals surface area contributed by atoms with Gasteiger partial charge in [-0.25, -0.2) is 15.0 Å². The van der Waals surface area contributed by atoms with E-state index in [-0.39, 0.29) is 0 Å². The first kappa shape index (κ1) is 30.3. The van der Waals surface area contributed by atoms with Crippen molar-refractivity contribution >= 4 is 53.9 Å². The molecule has 9 aromatic rings. The van der Waals surface area contributed by atoms with Crippen molar-refractivity contribution in [1.29, 1.82) is 0 Å². The van der Waals surface area contributed by atoms with Gasteiger partial charge in [0.2, 0.25) is 0 Å². The third-order valence-electron chi connectivity index (χ3n) is 9.94. The second-order valence-electron chi connectivity index (χ2n) is 13.1. The number of rotatable bonds is 5. The zero-order valence-corrected chi connectivity index (χ0v) is 29.0. The lowest BCUT2D eigenvalue weighted by atomic mass is 9.91. The van der Waals surface area contributed by atoms with Crippen LogP contribution in [0.25, 0.3) is 87.9 Å². The molecule has 4 heteroatoms. The van der Waals surface area contributed by atoms with Crippen LogP contribution in [0.1, 0.15) is 23.1 Å². The molecule has 1 aliphatic carbocycles. The fraction of sp³-hybridized carbons (Fsp3) is 0.0208. The summed E-state index contributed by atoms with van der Waals surface area (Å²) in [7, 11) is 0. The maximum Gasteiger partial charge on any atom is 0.164 e. The molecule has 3 nitrogen and oxygen atoms in total. The van der Waals surface area contributed by atoms with Gasteiger partial charge in [0.1, 0.15) is 0 Å². The Morgan fingerprint density at radius 1 is 0.423 bits per heavy atom. The first-order chi connectivity index (χ1) is 25.7. The van der Waals surface area contributed by atoms with E-state index in [1.165, 1.54) is 53.4 Å². The van der Waals surface area contributed by atoms with Gasteiger partial charge in [0.25, 0.3) is 0 Å². The Morgan fingerprint density at radius 3 is 1.87 bits per heavy atom. The monoisotopic (exact) mass is 681 g/mol. The Morgan fingerprint density at radius 2 is 1.04 bits per heavy atom. The normalized spacial score (nSPS) is 12.6. The second kappa shape index (κ2) is 12.7. The van der Waals surface area contributed by atoms with E-state index in [4.69, 9.17) is 15.0 Å². The van der Waals surface area contributed by atoms with Gasteiger partial charge in [-0.1, -0.05) is 146 Å². The zero-order valence-electron chi connectivity index (χ0n) is 28.2. The molecule has 0 bridgehead atoms. The number of nitrogens with zero attached hydrogens (tertiary/aromatic N) is 3. The smallest absolute Gasteiger partial charge is 0.164 e. The van der Waals surface area contributed by atoms with Gasteiger partial charge in [-0.2, -0.15) is 0 Å². The molecule has 1 aliphatic rings. The van der Waals surface area contributed by atoms with Crippen molar-refractivity contribution in [3.63, 3.8) is 0 Å². The van der Waals surface area contributed by atoms with Gasteiger partial charge in [-0.3, -0.25) is 0 Å². The summed E-state index contributed by atoms with van der Waals surface area (Å²) in [6.45, 7) is 0. The first-order valence-electron chi connectivity index (χ1n) is 17.6. The van der Waals surface area contributed by atoms with Crippen LogP contribution in [0.2, 0.25) is 0 Å². The molecule has 0 spiro atoms. The summed E-state index contributed by atoms with van der Waals surface area (Å²) in [6, 6.07) is 56.0. The molecule has 0 radical (unpaired) electrons. The number of allylic oxidation sites excluding steroid dienone is 2. The Bertz CT molecular complexity index is 2870. The lowest BCUT2D eigenvalue weighted by Crippen LogP contribution is -2.02. The summed E-state index contributed by atoms with van der Waals surface area (Å²) >= 11 is 1.85. The molecular weight excluding hydrogens is 651 g/mol. The molecule has 2 aromatic heterocycles. The van der Waals surface area contributed by atoms with E-state index in [9.17, 15) is 0 Å². The number of thiophene rings is 1. The van der Waals surface area contributed by atoms with Crippen molar-refractivity contribution in [2.45, 2.75) is 6.42 Å². The lowest BCUT2D eigenvalue weighted by molar-refractivity contribution is 1.07. The van der Waals surface area contributed by atoms with E-state index < -0.39 is 0 Å². The number of aromatic nitrogens is 3. The van der Waals surface area contributed by atoms with Crippen LogP contribution < -0.4 is 0 Å². The summed E-state index contributed by atoms with van der Waals surface area (Å²) in [5, 5.41) is 4.94. The van der Waals surface area contributed by atoms with Crippen LogP contribution in [0.5, 0.6) is 0 Å². The largest absolute Gasteiger partial charge is 0.208 e. The van der Waals surface area contributed by atoms with E-state index in [2.05, 4.69) is 158 Å². The molecule has 2 heterocycles. The maximum atomic E-state index is 5.18. The molecule has 0 aliphatic heterocycles. The molecule has 0 atom stereocenters. The lowest BCUT2D eigenvalue weighted by Gasteiger charge is -2.15. The topological polar surface area (TPSA) is 38.7 Å². The van der Waals surface area contributed by atoms with Crippen molar-refractivity contribution in [2.24, 2.45) is 0 Å². The molecule has 0 saturated heterocycles. The van der Waals surface area contributed by atoms with Crippen LogP contribution in [0.3, 0.4) is 0 Å². The molecule has 0 saturated carbocycles. The van der Waals surface area contributed by atoms with Crippen molar-refractivity contribution in [3.05, 3.63) is 187 Å². The Hall–Kier alpha value is -6.49. The molecule has 244 valence electrons. The number of fused-ring (bicyclic) bond motifs is 5. The third-order valence-corrected chi connectivity index (χ3v) is 11.1. The fourth-order valence-electron chi connectivity index (χ4n) is 7.36. The van der Waals surface area contributed by atoms with Crippen molar-refractivity contribution in [3.8, 4) is 45.3 Å². The molecule has 10 rings (SSSR count). The molecule has 7 aromatic carbocycles. The quantitative estimate of drug-likeness (QED) is 0.181. The van der Waals surface area contributed by atoms with Crippen LogP contribution >= 0.6 is 11.3 Å². The van der Waals surface area contributed by atoms with E-state index in [0.717, 1.165) is 34.1 Å². The molecular formula is C48H31N3S. The molecule has 0 amide bonds. The number of hydrogen-bond acceptors (Lipinski definition) is 4. The van der Waals surface area contributed by atoms with Crippen LogP contribution in [-0.2, 0) is 0 Å². The average molecular weight is 682 g/mol. The van der Waals surface area contributed by atoms with E-state index in [1.54, 1.807) is 0 Å². The SMILES string of the molecule is C1=Cc2c(cccc2-c2nc(-c3ccccc3)nc(-c3ccc4cc(-c5ccc6sc7ccccc7c6c5)ccc4c3)n2)C(c2ccccc2)=CC1. The van der Waals surface area contributed by atoms with Gasteiger partial charge in [0, 0.05) is 36.9 Å². The highest BCUT2D eigenvalue weighted by molar-refractivity contribution is 7.25. The second-order valence-corrected chi connectivity index (χ2v) is 14.2. The van der Waals surface area contributed by atoms with Crippen molar-refractivity contribution in [1.82, 2.24) is 15.0 Å². The van der Waals surface area contributed by atoms with Gasteiger partial charge in [-0.05, 0) is 80.9 Å². The summed E-state index contributed by atoms with van der Waals surface area (Å²) in [4.78, 5) is 15.3. The summed E-state index contributed by atoms with van der Waals surface area (Å²) in [5.41, 5.74) is 10.0. The third kappa shape index (κ3) is 5.41. The van der Waals surface area contributed by atoms with Gasteiger partial charge in [0.15, 0.2) is 17.5 Å². The zero-order chi connectivity index (χ0) is 34.4. The minimum absolute atomic E-state index is 0.652. The predicted molar refractivity (Wildman–Crippen MR) is 219 cm³/mol. The highest BCUT2D eigenvalue weighted by Gasteiger charge is 2.19. The van der Waals surface area contributed by atoms with E-state index >= 15 is 0 Å². The highest BCUT2D eigenvalue weighted by atomic mass is 32.1. The van der Waals surface area contributed by atoms with Gasteiger partial charge < -0.3 is 0 Å². The Labute approximate surface area is 306 Å². The van der Waals surface area contributed by atoms with Crippen molar-refractivity contribution < 1.29 is 0 Å². The summed E-state index contributed by atoms with van der Waals surface area (Å²) < 4.78 is 2.64. The van der Waals surface area contributed by atoms with Crippen molar-refractivity contribution in [2.75, 3.05) is 0 Å². The maximum absolute atomic E-state index is 5.18. The molecule has 0 unspecified atom stereocenters. The minimum Gasteiger partial charge on any atom is -0.208 e. The molecule has 0 N–H and O–H groups in total. The van der Waals surface area contributed by atoms with Crippen LogP contribution in [0.15, 0.2) is 170 Å². The van der Waals surface area contributed by atoms with E-state index in [0.29, 0.717) is 17.5 Å². The van der Waals surface area contributed by atoms with Gasteiger partial charge >= 0.3 is 0 Å². The van der Waals surface area contributed by atoms with Gasteiger partial charge in [-0.15, -0.1) is 11.3 Å². The average Bonchev–Trinajstić information content (AvgIpc) is 3.44. The van der Waals surface area contributed by atoms with Crippen LogP contribution in [-0.4, -0.2) is 15.0 Å². The fourth-order valence-corrected chi connectivity index (χ4v) is 8.45. The van der Waals surface area contributed by atoms with E-state index in [1.807, 2.05) is 29.5 Å². The summed E-state index contributed by atoms with van der Waals surface area (Å²) in [6.07, 6.45) is 7.60. The number of benzene rings is 7. The molecule has 52 heavy (non-hydrogen) atoms. The first-order valence-corrected chi connectivity index (χ1v) is 18.4. The summed E-state index contributed by atoms with van der Waals surface area (Å²) in [5.74, 6) is 1.96. The Balaban J connectivity index is 1.08. The standard InChI is InChI=1S/C48H31N3S/c1-3-12-31(13-4-1)38-16-7-8-17-40-39(38)19-11-20-42(40)48-50-46(32-14-5-2-6-15-32)49-47(51-48)37-25-24-33-28-34(22-23-35(33)29-37)36-26-27-45-43(30-36)41-18-9-10-21-44(41)52-45/h1-6,8-30H,7H2. The predicted octanol–water partition coefficient (Wildman–Crippen LogP) is 12.9. The number of hydrogen-bond donors (Lipinski definition) is 0. The van der Waals surface area contributed by atoms with Crippen LogP contribution in [0.4, 0.5) is 0 Å². The minimum atomic E-state index is 0.652.